The van der Waals surface area contributed by atoms with Gasteiger partial charge >= 0.3 is 0 Å². The van der Waals surface area contributed by atoms with Crippen molar-refractivity contribution in [2.45, 2.75) is 51.4 Å². The maximum absolute atomic E-state index is 11.8. The van der Waals surface area contributed by atoms with Gasteiger partial charge in [-0.15, -0.1) is 11.3 Å². The van der Waals surface area contributed by atoms with Gasteiger partial charge in [-0.3, -0.25) is 4.79 Å². The zero-order valence-corrected chi connectivity index (χ0v) is 14.0. The Morgan fingerprint density at radius 1 is 1.52 bits per heavy atom. The lowest BCUT2D eigenvalue weighted by molar-refractivity contribution is -0.115. The number of carbonyl (C=O) groups excluding carboxylic acids is 1. The van der Waals surface area contributed by atoms with E-state index in [-0.39, 0.29) is 12.3 Å². The fraction of sp³-hybridized carbons (Fsp3) is 0.600. The average molecular weight is 326 g/mol. The second kappa shape index (κ2) is 7.96. The van der Waals surface area contributed by atoms with E-state index in [1.54, 1.807) is 0 Å². The number of carbonyl (C=O) groups is 1. The topological polar surface area (TPSA) is 65.0 Å². The summed E-state index contributed by atoms with van der Waals surface area (Å²) in [6, 6.07) is 0. The molecule has 1 N–H and O–H groups in total. The summed E-state index contributed by atoms with van der Waals surface area (Å²) in [6.45, 7) is 5.52. The maximum Gasteiger partial charge on any atom is 0.230 e. The monoisotopic (exact) mass is 326 g/mol. The third-order valence-corrected chi connectivity index (χ3v) is 5.67. The summed E-state index contributed by atoms with van der Waals surface area (Å²) in [5, 5.41) is 4.85. The molecule has 1 aromatic heterocycles. The first kappa shape index (κ1) is 16.5. The number of aryl methyl sites for hydroxylation is 1. The van der Waals surface area contributed by atoms with Gasteiger partial charge in [0.15, 0.2) is 5.13 Å². The van der Waals surface area contributed by atoms with Gasteiger partial charge in [0.05, 0.1) is 12.1 Å². The summed E-state index contributed by atoms with van der Waals surface area (Å²) >= 11 is 0.415. The number of rotatable bonds is 6. The van der Waals surface area contributed by atoms with Crippen LogP contribution in [0.2, 0.25) is 0 Å². The molecule has 6 heteroatoms. The minimum Gasteiger partial charge on any atom is -0.612 e. The number of nitrogens with zero attached hydrogens (tertiary/aromatic N) is 1. The van der Waals surface area contributed by atoms with Crippen molar-refractivity contribution in [3.05, 3.63) is 22.6 Å². The Morgan fingerprint density at radius 2 is 2.24 bits per heavy atom. The van der Waals surface area contributed by atoms with Gasteiger partial charge in [-0.1, -0.05) is 25.8 Å². The number of hydrogen-bond acceptors (Lipinski definition) is 4. The van der Waals surface area contributed by atoms with Gasteiger partial charge in [0, 0.05) is 10.8 Å². The molecule has 1 aliphatic carbocycles. The fourth-order valence-electron chi connectivity index (χ4n) is 2.67. The van der Waals surface area contributed by atoms with Crippen molar-refractivity contribution < 1.29 is 9.35 Å². The third-order valence-electron chi connectivity index (χ3n) is 3.79. The molecule has 0 bridgehead atoms. The summed E-state index contributed by atoms with van der Waals surface area (Å²) in [5.41, 5.74) is 1.16. The van der Waals surface area contributed by atoms with Crippen LogP contribution in [0.5, 0.6) is 0 Å². The predicted octanol–water partition coefficient (Wildman–Crippen LogP) is 3.72. The van der Waals surface area contributed by atoms with E-state index in [4.69, 9.17) is 0 Å². The first-order valence-electron chi connectivity index (χ1n) is 7.37. The van der Waals surface area contributed by atoms with Gasteiger partial charge in [0.1, 0.15) is 11.2 Å². The molecule has 1 amide bonds. The molecular weight excluding hydrogens is 304 g/mol. The molecule has 0 aromatic carbocycles. The summed E-state index contributed by atoms with van der Waals surface area (Å²) in [6.07, 6.45) is 6.51. The molecule has 1 aliphatic rings. The van der Waals surface area contributed by atoms with Crippen molar-refractivity contribution in [2.75, 3.05) is 11.1 Å². The summed E-state index contributed by atoms with van der Waals surface area (Å²) in [4.78, 5) is 17.6. The lowest BCUT2D eigenvalue weighted by Crippen LogP contribution is -2.16. The van der Waals surface area contributed by atoms with Gasteiger partial charge in [-0.2, -0.15) is 0 Å². The number of thiazole rings is 1. The molecule has 0 spiro atoms. The average Bonchev–Trinajstić information content (AvgIpc) is 2.86. The number of hydrogen-bond donors (Lipinski definition) is 1. The maximum atomic E-state index is 11.8. The highest BCUT2D eigenvalue weighted by Gasteiger charge is 2.21. The third kappa shape index (κ3) is 4.83. The zero-order valence-electron chi connectivity index (χ0n) is 12.4. The van der Waals surface area contributed by atoms with Gasteiger partial charge in [-0.05, 0) is 30.9 Å². The number of nitrogens with one attached hydrogen (secondary N) is 1. The zero-order chi connectivity index (χ0) is 15.2. The molecule has 0 radical (unpaired) electrons. The van der Waals surface area contributed by atoms with E-state index in [1.807, 2.05) is 0 Å². The van der Waals surface area contributed by atoms with Crippen LogP contribution in [0.3, 0.4) is 0 Å². The van der Waals surface area contributed by atoms with Crippen LogP contribution in [0.15, 0.2) is 12.0 Å². The first-order valence-corrected chi connectivity index (χ1v) is 9.57. The van der Waals surface area contributed by atoms with Crippen LogP contribution < -0.4 is 5.32 Å². The van der Waals surface area contributed by atoms with Crippen molar-refractivity contribution in [1.82, 2.24) is 4.98 Å². The normalized spacial score (nSPS) is 17.4. The highest BCUT2D eigenvalue weighted by Crippen LogP contribution is 2.36. The Kier molecular flexibility index (Phi) is 6.26. The van der Waals surface area contributed by atoms with Crippen LogP contribution in [0.1, 0.15) is 55.0 Å². The van der Waals surface area contributed by atoms with Crippen LogP contribution in [0, 0.1) is 6.92 Å². The molecule has 1 aromatic rings. The number of amides is 1. The Hall–Kier alpha value is -0.850. The summed E-state index contributed by atoms with van der Waals surface area (Å²) in [5.74, 6) is 0.734. The SMILES string of the molecule is C=C[S+]([O-])CCC(=O)Nc1nc(C2CCCCC2)c(C)s1. The molecule has 1 saturated carbocycles. The molecule has 1 heterocycles. The first-order chi connectivity index (χ1) is 10.1. The van der Waals surface area contributed by atoms with Crippen LogP contribution >= 0.6 is 11.3 Å². The standard InChI is InChI=1S/C15H22N2O2S2/c1-3-21(19)10-9-13(18)16-15-17-14(11(2)20-15)12-7-5-4-6-8-12/h3,12H,1,4-10H2,2H3,(H,16,17,18). The van der Waals surface area contributed by atoms with E-state index in [0.717, 1.165) is 5.69 Å². The molecule has 0 aliphatic heterocycles. The van der Waals surface area contributed by atoms with Crippen molar-refractivity contribution in [3.63, 3.8) is 0 Å². The Morgan fingerprint density at radius 3 is 2.90 bits per heavy atom. The van der Waals surface area contributed by atoms with Crippen molar-refractivity contribution >= 4 is 33.6 Å². The van der Waals surface area contributed by atoms with Gasteiger partial charge in [0.25, 0.3) is 0 Å². The largest absolute Gasteiger partial charge is 0.612 e. The lowest BCUT2D eigenvalue weighted by atomic mass is 9.87. The molecule has 1 unspecified atom stereocenters. The molecule has 1 atom stereocenters. The number of anilines is 1. The van der Waals surface area contributed by atoms with E-state index in [0.29, 0.717) is 16.8 Å². The smallest absolute Gasteiger partial charge is 0.230 e. The van der Waals surface area contributed by atoms with E-state index in [1.165, 1.54) is 53.7 Å². The van der Waals surface area contributed by atoms with Crippen molar-refractivity contribution in [3.8, 4) is 0 Å². The quantitative estimate of drug-likeness (QED) is 0.810. The molecular formula is C15H22N2O2S2. The van der Waals surface area contributed by atoms with Crippen LogP contribution in [-0.2, 0) is 16.0 Å². The molecule has 4 nitrogen and oxygen atoms in total. The van der Waals surface area contributed by atoms with Crippen molar-refractivity contribution in [1.29, 1.82) is 0 Å². The Labute approximate surface area is 133 Å². The predicted molar refractivity (Wildman–Crippen MR) is 89.1 cm³/mol. The van der Waals surface area contributed by atoms with E-state index in [2.05, 4.69) is 23.8 Å². The van der Waals surface area contributed by atoms with E-state index < -0.39 is 11.2 Å². The second-order valence-corrected chi connectivity index (χ2v) is 8.05. The minimum atomic E-state index is -1.12. The van der Waals surface area contributed by atoms with Crippen LogP contribution in [-0.4, -0.2) is 21.2 Å². The van der Waals surface area contributed by atoms with Gasteiger partial charge < -0.3 is 9.87 Å². The minimum absolute atomic E-state index is 0.130. The summed E-state index contributed by atoms with van der Waals surface area (Å²) < 4.78 is 11.2. The van der Waals surface area contributed by atoms with Crippen molar-refractivity contribution in [2.24, 2.45) is 0 Å². The molecule has 116 valence electrons. The van der Waals surface area contributed by atoms with Gasteiger partial charge in [-0.25, -0.2) is 4.98 Å². The second-order valence-electron chi connectivity index (χ2n) is 5.35. The highest BCUT2D eigenvalue weighted by molar-refractivity contribution is 7.94. The lowest BCUT2D eigenvalue weighted by Gasteiger charge is -2.20. The molecule has 2 rings (SSSR count). The molecule has 0 saturated heterocycles. The Bertz CT molecular complexity index is 496. The molecule has 21 heavy (non-hydrogen) atoms. The van der Waals surface area contributed by atoms with E-state index in [9.17, 15) is 9.35 Å². The fourth-order valence-corrected chi connectivity index (χ4v) is 4.14. The highest BCUT2D eigenvalue weighted by atomic mass is 32.2. The van der Waals surface area contributed by atoms with Gasteiger partial charge in [0.2, 0.25) is 5.91 Å². The number of aromatic nitrogens is 1. The van der Waals surface area contributed by atoms with Crippen LogP contribution in [0.4, 0.5) is 5.13 Å². The van der Waals surface area contributed by atoms with Crippen LogP contribution in [0.25, 0.3) is 0 Å². The Balaban J connectivity index is 1.92. The van der Waals surface area contributed by atoms with E-state index >= 15 is 0 Å². The summed E-state index contributed by atoms with van der Waals surface area (Å²) in [7, 11) is 0. The molecule has 1 fully saturated rings.